The van der Waals surface area contributed by atoms with Gasteiger partial charge in [0.15, 0.2) is 0 Å². The van der Waals surface area contributed by atoms with E-state index in [1.165, 1.54) is 6.42 Å². The van der Waals surface area contributed by atoms with Gasteiger partial charge in [0.1, 0.15) is 0 Å². The van der Waals surface area contributed by atoms with E-state index in [1.807, 2.05) is 13.0 Å². The summed E-state index contributed by atoms with van der Waals surface area (Å²) in [5.41, 5.74) is 1.94. The van der Waals surface area contributed by atoms with Crippen LogP contribution >= 0.6 is 0 Å². The average Bonchev–Trinajstić information content (AvgIpc) is 3.09. The van der Waals surface area contributed by atoms with Gasteiger partial charge < -0.3 is 15.7 Å². The lowest BCUT2D eigenvalue weighted by Gasteiger charge is -2.24. The summed E-state index contributed by atoms with van der Waals surface area (Å²) in [5.74, 6) is -0.403. The van der Waals surface area contributed by atoms with Crippen LogP contribution in [0.4, 0.5) is 0 Å². The lowest BCUT2D eigenvalue weighted by atomic mass is 9.97. The second kappa shape index (κ2) is 5.72. The number of hydrogen-bond donors (Lipinski definition) is 3. The number of benzene rings is 1. The van der Waals surface area contributed by atoms with E-state index in [0.29, 0.717) is 23.1 Å². The van der Waals surface area contributed by atoms with Gasteiger partial charge in [0.05, 0.1) is 17.6 Å². The Morgan fingerprint density at radius 2 is 2.14 bits per heavy atom. The van der Waals surface area contributed by atoms with Crippen LogP contribution in [0.2, 0.25) is 0 Å². The fourth-order valence-corrected chi connectivity index (χ4v) is 3.73. The number of nitrogens with one attached hydrogen (secondary N) is 2. The monoisotopic (exact) mass is 302 g/mol. The van der Waals surface area contributed by atoms with Crippen molar-refractivity contribution in [3.05, 3.63) is 34.9 Å². The molecule has 1 aromatic carbocycles. The normalized spacial score (nSPS) is 27.6. The van der Waals surface area contributed by atoms with Crippen molar-refractivity contribution in [2.75, 3.05) is 0 Å². The summed E-state index contributed by atoms with van der Waals surface area (Å²) < 4.78 is 0. The van der Waals surface area contributed by atoms with E-state index in [9.17, 15) is 9.59 Å². The zero-order valence-electron chi connectivity index (χ0n) is 12.9. The van der Waals surface area contributed by atoms with Gasteiger partial charge in [-0.1, -0.05) is 12.1 Å². The van der Waals surface area contributed by atoms with Gasteiger partial charge in [-0.3, -0.25) is 4.79 Å². The van der Waals surface area contributed by atoms with Crippen molar-refractivity contribution >= 4 is 11.9 Å². The Labute approximate surface area is 130 Å². The number of amides is 1. The number of carboxylic acid groups (broad SMARTS) is 1. The molecule has 1 amide bonds. The van der Waals surface area contributed by atoms with Crippen molar-refractivity contribution in [2.24, 2.45) is 5.92 Å². The lowest BCUT2D eigenvalue weighted by molar-refractivity contribution is -0.124. The zero-order chi connectivity index (χ0) is 15.9. The summed E-state index contributed by atoms with van der Waals surface area (Å²) in [6, 6.07) is 5.52. The molecular weight excluding hydrogens is 280 g/mol. The van der Waals surface area contributed by atoms with Crippen molar-refractivity contribution in [2.45, 2.75) is 51.2 Å². The molecule has 118 valence electrons. The molecule has 2 bridgehead atoms. The Morgan fingerprint density at radius 1 is 1.36 bits per heavy atom. The maximum absolute atomic E-state index is 12.4. The van der Waals surface area contributed by atoms with Crippen LogP contribution in [0.15, 0.2) is 18.2 Å². The maximum atomic E-state index is 12.4. The van der Waals surface area contributed by atoms with E-state index in [-0.39, 0.29) is 18.0 Å². The summed E-state index contributed by atoms with van der Waals surface area (Å²) >= 11 is 0. The van der Waals surface area contributed by atoms with Crippen LogP contribution in [0.25, 0.3) is 0 Å². The van der Waals surface area contributed by atoms with Crippen LogP contribution in [0.5, 0.6) is 0 Å². The molecule has 0 aromatic heterocycles. The highest BCUT2D eigenvalue weighted by Gasteiger charge is 2.42. The number of aromatic carboxylic acids is 1. The number of carboxylic acids is 1. The van der Waals surface area contributed by atoms with Crippen molar-refractivity contribution in [1.82, 2.24) is 10.6 Å². The van der Waals surface area contributed by atoms with Crippen molar-refractivity contribution in [3.63, 3.8) is 0 Å². The number of fused-ring (bicyclic) bond motifs is 2. The Balaban J connectivity index is 1.66. The molecule has 1 saturated carbocycles. The van der Waals surface area contributed by atoms with E-state index >= 15 is 0 Å². The first-order valence-corrected chi connectivity index (χ1v) is 7.86. The number of carbonyl (C=O) groups is 2. The van der Waals surface area contributed by atoms with Crippen LogP contribution in [0.1, 0.15) is 53.7 Å². The van der Waals surface area contributed by atoms with Gasteiger partial charge >= 0.3 is 5.97 Å². The lowest BCUT2D eigenvalue weighted by Crippen LogP contribution is -2.48. The molecule has 0 radical (unpaired) electrons. The van der Waals surface area contributed by atoms with Gasteiger partial charge in [0, 0.05) is 6.04 Å². The van der Waals surface area contributed by atoms with E-state index in [1.54, 1.807) is 19.1 Å². The van der Waals surface area contributed by atoms with Crippen LogP contribution in [0, 0.1) is 12.8 Å². The first kappa shape index (κ1) is 15.0. The summed E-state index contributed by atoms with van der Waals surface area (Å²) in [6.07, 6.45) is 3.43. The number of hydrogen-bond acceptors (Lipinski definition) is 3. The molecular formula is C17H22N2O3. The number of rotatable bonds is 4. The molecule has 3 rings (SSSR count). The van der Waals surface area contributed by atoms with Crippen molar-refractivity contribution in [1.29, 1.82) is 0 Å². The predicted molar refractivity (Wildman–Crippen MR) is 82.7 cm³/mol. The molecule has 4 atom stereocenters. The first-order valence-electron chi connectivity index (χ1n) is 7.86. The van der Waals surface area contributed by atoms with Gasteiger partial charge in [0.2, 0.25) is 5.91 Å². The second-order valence-electron chi connectivity index (χ2n) is 6.52. The third-order valence-corrected chi connectivity index (χ3v) is 4.98. The minimum atomic E-state index is -0.924. The van der Waals surface area contributed by atoms with E-state index in [4.69, 9.17) is 5.11 Å². The molecule has 2 aliphatic rings. The molecule has 0 spiro atoms. The molecule has 5 nitrogen and oxygen atoms in total. The van der Waals surface area contributed by atoms with E-state index < -0.39 is 5.97 Å². The highest BCUT2D eigenvalue weighted by atomic mass is 16.4. The Kier molecular flexibility index (Phi) is 3.91. The van der Waals surface area contributed by atoms with Crippen LogP contribution in [-0.4, -0.2) is 29.1 Å². The highest BCUT2D eigenvalue weighted by molar-refractivity contribution is 5.89. The van der Waals surface area contributed by atoms with Gasteiger partial charge in [-0.05, 0) is 56.2 Å². The van der Waals surface area contributed by atoms with Gasteiger partial charge in [-0.2, -0.15) is 0 Å². The van der Waals surface area contributed by atoms with E-state index in [0.717, 1.165) is 18.4 Å². The minimum Gasteiger partial charge on any atom is -0.478 e. The average molecular weight is 302 g/mol. The number of piperidine rings is 1. The van der Waals surface area contributed by atoms with E-state index in [2.05, 4.69) is 10.6 Å². The molecule has 1 aromatic rings. The summed E-state index contributed by atoms with van der Waals surface area (Å²) in [7, 11) is 0. The molecule has 1 aliphatic heterocycles. The quantitative estimate of drug-likeness (QED) is 0.795. The molecule has 22 heavy (non-hydrogen) atoms. The fraction of sp³-hybridized carbons (Fsp3) is 0.529. The predicted octanol–water partition coefficient (Wildman–Crippen LogP) is 2.01. The largest absolute Gasteiger partial charge is 0.478 e. The summed E-state index contributed by atoms with van der Waals surface area (Å²) in [4.78, 5) is 23.5. The van der Waals surface area contributed by atoms with Gasteiger partial charge in [0.25, 0.3) is 0 Å². The number of carbonyl (C=O) groups excluding carboxylic acids is 1. The van der Waals surface area contributed by atoms with Gasteiger partial charge in [-0.15, -0.1) is 0 Å². The highest BCUT2D eigenvalue weighted by Crippen LogP contribution is 2.35. The molecule has 1 heterocycles. The standard InChI is InChI=1S/C17H22N2O3/c1-9-7-11(4-6-14(9)17(21)22)10(2)18-16(20)15-12-3-5-13(8-12)19-15/h4,6-7,10,12-13,15,19H,3,5,8H2,1-2H3,(H,18,20)(H,21,22)/t10-,12+,13-,15+/m0/s1. The molecule has 1 aliphatic carbocycles. The fourth-order valence-electron chi connectivity index (χ4n) is 3.73. The van der Waals surface area contributed by atoms with Gasteiger partial charge in [-0.25, -0.2) is 4.79 Å². The first-order chi connectivity index (χ1) is 10.5. The smallest absolute Gasteiger partial charge is 0.335 e. The summed E-state index contributed by atoms with van der Waals surface area (Å²) in [5, 5.41) is 15.5. The SMILES string of the molecule is Cc1cc([C@H](C)NC(=O)[C@@H]2N[C@H]3CC[C@@H]2C3)ccc1C(=O)O. The minimum absolute atomic E-state index is 0.0552. The second-order valence-corrected chi connectivity index (χ2v) is 6.52. The Bertz CT molecular complexity index is 614. The zero-order valence-corrected chi connectivity index (χ0v) is 12.9. The van der Waals surface area contributed by atoms with Crippen LogP contribution in [0.3, 0.4) is 0 Å². The molecule has 2 fully saturated rings. The Hall–Kier alpha value is -1.88. The van der Waals surface area contributed by atoms with Crippen LogP contribution in [-0.2, 0) is 4.79 Å². The third kappa shape index (κ3) is 2.73. The van der Waals surface area contributed by atoms with Crippen molar-refractivity contribution in [3.8, 4) is 0 Å². The van der Waals surface area contributed by atoms with Crippen molar-refractivity contribution < 1.29 is 14.7 Å². The topological polar surface area (TPSA) is 78.4 Å². The van der Waals surface area contributed by atoms with Crippen LogP contribution < -0.4 is 10.6 Å². The molecule has 1 saturated heterocycles. The Morgan fingerprint density at radius 3 is 2.68 bits per heavy atom. The molecule has 3 N–H and O–H groups in total. The molecule has 5 heteroatoms. The maximum Gasteiger partial charge on any atom is 0.335 e. The third-order valence-electron chi connectivity index (χ3n) is 4.98. The summed E-state index contributed by atoms with van der Waals surface area (Å²) in [6.45, 7) is 3.71. The molecule has 0 unspecified atom stereocenters. The number of aryl methyl sites for hydroxylation is 1.